The summed E-state index contributed by atoms with van der Waals surface area (Å²) < 4.78 is 15.8. The molecule has 2 aromatic carbocycles. The highest BCUT2D eigenvalue weighted by Gasteiger charge is 2.30. The fourth-order valence-corrected chi connectivity index (χ4v) is 3.86. The van der Waals surface area contributed by atoms with Gasteiger partial charge in [0.2, 0.25) is 11.6 Å². The highest BCUT2D eigenvalue weighted by atomic mass is 16.6. The summed E-state index contributed by atoms with van der Waals surface area (Å²) in [5.41, 5.74) is 1.42. The van der Waals surface area contributed by atoms with Crippen LogP contribution < -0.4 is 29.3 Å². The Morgan fingerprint density at radius 3 is 2.15 bits per heavy atom. The third-order valence-electron chi connectivity index (χ3n) is 5.66. The number of hydrogen-bond acceptors (Lipinski definition) is 10. The quantitative estimate of drug-likeness (QED) is 0.391. The van der Waals surface area contributed by atoms with E-state index in [1.165, 1.54) is 13.4 Å². The lowest BCUT2D eigenvalue weighted by molar-refractivity contribution is -0.383. The van der Waals surface area contributed by atoms with E-state index in [2.05, 4.69) is 20.2 Å². The van der Waals surface area contributed by atoms with Gasteiger partial charge in [0.25, 0.3) is 0 Å². The zero-order valence-electron chi connectivity index (χ0n) is 19.2. The number of nitro groups is 1. The van der Waals surface area contributed by atoms with Crippen molar-refractivity contribution in [3.05, 3.63) is 58.9 Å². The van der Waals surface area contributed by atoms with Crippen LogP contribution in [0.25, 0.3) is 0 Å². The van der Waals surface area contributed by atoms with Crippen LogP contribution in [0.2, 0.25) is 0 Å². The molecule has 178 valence electrons. The molecular weight excluding hydrogens is 440 g/mol. The molecule has 0 amide bonds. The van der Waals surface area contributed by atoms with E-state index in [1.807, 2.05) is 29.2 Å². The van der Waals surface area contributed by atoms with Crippen molar-refractivity contribution in [2.45, 2.75) is 0 Å². The molecule has 3 aromatic rings. The highest BCUT2D eigenvalue weighted by molar-refractivity contribution is 5.77. The summed E-state index contributed by atoms with van der Waals surface area (Å²) in [6.07, 6.45) is 1.33. The summed E-state index contributed by atoms with van der Waals surface area (Å²) in [5, 5.41) is 15.1. The van der Waals surface area contributed by atoms with Gasteiger partial charge in [0.15, 0.2) is 0 Å². The molecule has 1 saturated heterocycles. The molecular formula is C23H26N6O5. The van der Waals surface area contributed by atoms with Crippen molar-refractivity contribution < 1.29 is 19.1 Å². The van der Waals surface area contributed by atoms with Gasteiger partial charge in [-0.25, -0.2) is 9.97 Å². The molecule has 0 aliphatic carbocycles. The highest BCUT2D eigenvalue weighted by Crippen LogP contribution is 2.37. The van der Waals surface area contributed by atoms with Crippen LogP contribution in [0.3, 0.4) is 0 Å². The summed E-state index contributed by atoms with van der Waals surface area (Å²) in [6.45, 7) is 2.55. The fourth-order valence-electron chi connectivity index (χ4n) is 3.86. The third kappa shape index (κ3) is 4.72. The van der Waals surface area contributed by atoms with Crippen molar-refractivity contribution in [2.24, 2.45) is 0 Å². The van der Waals surface area contributed by atoms with Crippen molar-refractivity contribution in [3.8, 4) is 17.2 Å². The summed E-state index contributed by atoms with van der Waals surface area (Å²) >= 11 is 0. The summed E-state index contributed by atoms with van der Waals surface area (Å²) in [5.74, 6) is 2.25. The first-order chi connectivity index (χ1) is 16.5. The molecule has 1 aromatic heterocycles. The average Bonchev–Trinajstić information content (AvgIpc) is 2.88. The standard InChI is InChI=1S/C23H26N6O5/c1-32-17-6-4-16(5-7-17)27-10-12-28(13-11-27)23-21(29(30)31)22(24-15-25-23)26-19-9-8-18(33-2)14-20(19)34-3/h4-9,14-15H,10-13H2,1-3H3,(H,24,25,26). The molecule has 1 aliphatic rings. The summed E-state index contributed by atoms with van der Waals surface area (Å²) in [6, 6.07) is 13.0. The van der Waals surface area contributed by atoms with Crippen molar-refractivity contribution >= 4 is 28.7 Å². The maximum atomic E-state index is 12.1. The molecule has 1 N–H and O–H groups in total. The Hall–Kier alpha value is -4.28. The molecule has 2 heterocycles. The Morgan fingerprint density at radius 1 is 0.882 bits per heavy atom. The number of aromatic nitrogens is 2. The van der Waals surface area contributed by atoms with Crippen molar-refractivity contribution in [2.75, 3.05) is 62.6 Å². The molecule has 0 spiro atoms. The number of benzene rings is 2. The van der Waals surface area contributed by atoms with Gasteiger partial charge in [-0.3, -0.25) is 10.1 Å². The van der Waals surface area contributed by atoms with Crippen LogP contribution >= 0.6 is 0 Å². The number of ether oxygens (including phenoxy) is 3. The van der Waals surface area contributed by atoms with E-state index in [0.29, 0.717) is 43.4 Å². The first kappa shape index (κ1) is 22.9. The van der Waals surface area contributed by atoms with E-state index in [0.717, 1.165) is 11.4 Å². The Balaban J connectivity index is 1.55. The van der Waals surface area contributed by atoms with E-state index in [4.69, 9.17) is 14.2 Å². The van der Waals surface area contributed by atoms with Crippen LogP contribution in [-0.4, -0.2) is 62.4 Å². The van der Waals surface area contributed by atoms with Crippen LogP contribution in [0.15, 0.2) is 48.8 Å². The van der Waals surface area contributed by atoms with Gasteiger partial charge in [0.05, 0.1) is 31.9 Å². The number of hydrogen-bond donors (Lipinski definition) is 1. The first-order valence-electron chi connectivity index (χ1n) is 10.7. The normalized spacial score (nSPS) is 13.4. The third-order valence-corrected chi connectivity index (χ3v) is 5.66. The van der Waals surface area contributed by atoms with Crippen molar-refractivity contribution in [1.82, 2.24) is 9.97 Å². The van der Waals surface area contributed by atoms with Crippen LogP contribution in [-0.2, 0) is 0 Å². The first-order valence-corrected chi connectivity index (χ1v) is 10.7. The predicted molar refractivity (Wildman–Crippen MR) is 129 cm³/mol. The van der Waals surface area contributed by atoms with Gasteiger partial charge < -0.3 is 29.3 Å². The number of anilines is 4. The Morgan fingerprint density at radius 2 is 1.53 bits per heavy atom. The lowest BCUT2D eigenvalue weighted by atomic mass is 10.2. The Labute approximate surface area is 197 Å². The minimum absolute atomic E-state index is 0.0936. The number of piperazine rings is 1. The van der Waals surface area contributed by atoms with Crippen LogP contribution in [0.5, 0.6) is 17.2 Å². The molecule has 4 rings (SSSR count). The second-order valence-electron chi connectivity index (χ2n) is 7.51. The van der Waals surface area contributed by atoms with Crippen molar-refractivity contribution in [3.63, 3.8) is 0 Å². The summed E-state index contributed by atoms with van der Waals surface area (Å²) in [7, 11) is 4.70. The van der Waals surface area contributed by atoms with Gasteiger partial charge >= 0.3 is 5.69 Å². The largest absolute Gasteiger partial charge is 0.497 e. The zero-order chi connectivity index (χ0) is 24.1. The average molecular weight is 466 g/mol. The molecule has 0 bridgehead atoms. The van der Waals surface area contributed by atoms with E-state index in [1.54, 1.807) is 32.4 Å². The molecule has 1 aliphatic heterocycles. The van der Waals surface area contributed by atoms with Gasteiger partial charge in [0, 0.05) is 37.9 Å². The molecule has 0 unspecified atom stereocenters. The van der Waals surface area contributed by atoms with E-state index in [9.17, 15) is 10.1 Å². The lowest BCUT2D eigenvalue weighted by Crippen LogP contribution is -2.47. The number of nitrogens with zero attached hydrogens (tertiary/aromatic N) is 5. The van der Waals surface area contributed by atoms with E-state index in [-0.39, 0.29) is 17.3 Å². The van der Waals surface area contributed by atoms with Gasteiger partial charge in [-0.2, -0.15) is 0 Å². The van der Waals surface area contributed by atoms with Crippen LogP contribution in [0.1, 0.15) is 0 Å². The fraction of sp³-hybridized carbons (Fsp3) is 0.304. The lowest BCUT2D eigenvalue weighted by Gasteiger charge is -2.36. The van der Waals surface area contributed by atoms with Gasteiger partial charge in [-0.05, 0) is 36.4 Å². The van der Waals surface area contributed by atoms with Crippen LogP contribution in [0, 0.1) is 10.1 Å². The van der Waals surface area contributed by atoms with Crippen molar-refractivity contribution in [1.29, 1.82) is 0 Å². The minimum atomic E-state index is -0.455. The SMILES string of the molecule is COc1ccc(N2CCN(c3ncnc(Nc4ccc(OC)cc4OC)c3[N+](=O)[O-])CC2)cc1. The molecule has 0 atom stereocenters. The Bertz CT molecular complexity index is 1150. The summed E-state index contributed by atoms with van der Waals surface area (Å²) in [4.78, 5) is 24.2. The van der Waals surface area contributed by atoms with Gasteiger partial charge in [-0.1, -0.05) is 0 Å². The number of nitrogens with one attached hydrogen (secondary N) is 1. The molecule has 11 heteroatoms. The molecule has 1 fully saturated rings. The number of methoxy groups -OCH3 is 3. The van der Waals surface area contributed by atoms with Crippen LogP contribution in [0.4, 0.5) is 28.7 Å². The van der Waals surface area contributed by atoms with Gasteiger partial charge in [0.1, 0.15) is 23.6 Å². The minimum Gasteiger partial charge on any atom is -0.497 e. The van der Waals surface area contributed by atoms with E-state index >= 15 is 0 Å². The zero-order valence-corrected chi connectivity index (χ0v) is 19.2. The molecule has 0 radical (unpaired) electrons. The molecule has 11 nitrogen and oxygen atoms in total. The molecule has 34 heavy (non-hydrogen) atoms. The predicted octanol–water partition coefficient (Wildman–Crippen LogP) is 3.48. The topological polar surface area (TPSA) is 115 Å². The Kier molecular flexibility index (Phi) is 6.81. The van der Waals surface area contributed by atoms with E-state index < -0.39 is 4.92 Å². The maximum absolute atomic E-state index is 12.1. The van der Waals surface area contributed by atoms with Gasteiger partial charge in [-0.15, -0.1) is 0 Å². The maximum Gasteiger partial charge on any atom is 0.353 e. The number of rotatable bonds is 8. The molecule has 0 saturated carbocycles. The smallest absolute Gasteiger partial charge is 0.353 e. The second-order valence-corrected chi connectivity index (χ2v) is 7.51. The second kappa shape index (κ2) is 10.1. The monoisotopic (exact) mass is 466 g/mol.